The highest BCUT2D eigenvalue weighted by molar-refractivity contribution is 8.01. The number of carbonyl (C=O) groups is 3. The molecule has 0 radical (unpaired) electrons. The quantitative estimate of drug-likeness (QED) is 0.572. The summed E-state index contributed by atoms with van der Waals surface area (Å²) in [5.41, 5.74) is 4.98. The molecule has 0 saturated heterocycles. The molecule has 1 aliphatic heterocycles. The van der Waals surface area contributed by atoms with Gasteiger partial charge in [-0.2, -0.15) is 18.4 Å². The molecule has 1 atom stereocenters. The van der Waals surface area contributed by atoms with Crippen LogP contribution in [0.3, 0.4) is 0 Å². The summed E-state index contributed by atoms with van der Waals surface area (Å²) in [6.45, 7) is 1.26. The number of hydrogen-bond donors (Lipinski definition) is 2. The summed E-state index contributed by atoms with van der Waals surface area (Å²) >= 11 is 1.77. The molecule has 8 nitrogen and oxygen atoms in total. The fourth-order valence-corrected chi connectivity index (χ4v) is 4.92. The lowest BCUT2D eigenvalue weighted by Gasteiger charge is -2.24. The van der Waals surface area contributed by atoms with E-state index >= 15 is 0 Å². The first-order valence-corrected chi connectivity index (χ1v) is 11.1. The van der Waals surface area contributed by atoms with Gasteiger partial charge in [-0.3, -0.25) is 9.59 Å². The van der Waals surface area contributed by atoms with Gasteiger partial charge in [0.1, 0.15) is 22.6 Å². The molecular formula is C20H16F3N3O5S2. The van der Waals surface area contributed by atoms with Gasteiger partial charge in [-0.05, 0) is 25.1 Å². The number of nitriles is 1. The Labute approximate surface area is 193 Å². The summed E-state index contributed by atoms with van der Waals surface area (Å²) in [5, 5.41) is 10.8. The fraction of sp³-hybridized carbons (Fsp3) is 0.300. The average Bonchev–Trinajstić information content (AvgIpc) is 3.07. The molecule has 1 unspecified atom stereocenters. The van der Waals surface area contributed by atoms with Gasteiger partial charge in [0.25, 0.3) is 0 Å². The summed E-state index contributed by atoms with van der Waals surface area (Å²) < 4.78 is 48.7. The number of fused-ring (bicyclic) bond motifs is 1. The van der Waals surface area contributed by atoms with Crippen molar-refractivity contribution in [2.75, 3.05) is 17.7 Å². The van der Waals surface area contributed by atoms with Crippen LogP contribution in [0.2, 0.25) is 0 Å². The van der Waals surface area contributed by atoms with E-state index in [2.05, 4.69) is 5.32 Å². The first-order valence-electron chi connectivity index (χ1n) is 9.37. The molecule has 3 N–H and O–H groups in total. The van der Waals surface area contributed by atoms with E-state index < -0.39 is 41.4 Å². The minimum Gasteiger partial charge on any atom is -0.462 e. The molecule has 13 heteroatoms. The third-order valence-electron chi connectivity index (χ3n) is 4.46. The van der Waals surface area contributed by atoms with Crippen LogP contribution in [-0.2, 0) is 31.8 Å². The van der Waals surface area contributed by atoms with Crippen molar-refractivity contribution < 1.29 is 37.0 Å². The second-order valence-electron chi connectivity index (χ2n) is 6.65. The standard InChI is InChI=1S/C20H16F3N3O5S2/c1-2-30-19(29)16-11(10(7-24)17(25)33-16)8-31-15(27)6-14-18(28)26-12-5-9(20(21,22)23)3-4-13(12)32-14/h3-5,14H,2,6,8,25H2,1H3,(H,26,28). The van der Waals surface area contributed by atoms with Crippen LogP contribution in [0.25, 0.3) is 0 Å². The van der Waals surface area contributed by atoms with Gasteiger partial charge in [-0.1, -0.05) is 0 Å². The number of ether oxygens (including phenoxy) is 2. The van der Waals surface area contributed by atoms with Crippen molar-refractivity contribution in [3.8, 4) is 6.07 Å². The van der Waals surface area contributed by atoms with Crippen LogP contribution < -0.4 is 11.1 Å². The molecule has 174 valence electrons. The van der Waals surface area contributed by atoms with E-state index in [1.54, 1.807) is 6.92 Å². The minimum absolute atomic E-state index is 0.00460. The summed E-state index contributed by atoms with van der Waals surface area (Å²) in [5.74, 6) is -2.16. The number of rotatable bonds is 6. The molecule has 1 amide bonds. The van der Waals surface area contributed by atoms with Crippen molar-refractivity contribution in [1.29, 1.82) is 5.26 Å². The van der Waals surface area contributed by atoms with E-state index in [0.29, 0.717) is 4.90 Å². The summed E-state index contributed by atoms with van der Waals surface area (Å²) in [6, 6.07) is 4.80. The van der Waals surface area contributed by atoms with Gasteiger partial charge in [0.05, 0.1) is 35.1 Å². The number of nitrogen functional groups attached to an aromatic ring is 1. The largest absolute Gasteiger partial charge is 0.462 e. The van der Waals surface area contributed by atoms with E-state index in [0.717, 1.165) is 35.2 Å². The maximum atomic E-state index is 12.9. The lowest BCUT2D eigenvalue weighted by Crippen LogP contribution is -2.31. The highest BCUT2D eigenvalue weighted by atomic mass is 32.2. The number of nitrogens with zero attached hydrogens (tertiary/aromatic N) is 1. The number of hydrogen-bond acceptors (Lipinski definition) is 9. The Balaban J connectivity index is 1.68. The second kappa shape index (κ2) is 9.72. The van der Waals surface area contributed by atoms with Crippen LogP contribution in [0.4, 0.5) is 23.9 Å². The molecule has 1 aromatic carbocycles. The molecule has 0 spiro atoms. The van der Waals surface area contributed by atoms with Crippen LogP contribution in [0, 0.1) is 11.3 Å². The number of anilines is 2. The predicted octanol–water partition coefficient (Wildman–Crippen LogP) is 3.94. The van der Waals surface area contributed by atoms with Crippen LogP contribution in [-0.4, -0.2) is 29.7 Å². The molecule has 33 heavy (non-hydrogen) atoms. The molecule has 2 aromatic rings. The topological polar surface area (TPSA) is 132 Å². The Morgan fingerprint density at radius 1 is 1.30 bits per heavy atom. The number of esters is 2. The highest BCUT2D eigenvalue weighted by Gasteiger charge is 2.34. The molecule has 2 heterocycles. The van der Waals surface area contributed by atoms with Crippen molar-refractivity contribution in [2.45, 2.75) is 36.3 Å². The third-order valence-corrected chi connectivity index (χ3v) is 6.78. The van der Waals surface area contributed by atoms with E-state index in [4.69, 9.17) is 15.2 Å². The zero-order chi connectivity index (χ0) is 24.3. The Morgan fingerprint density at radius 3 is 2.67 bits per heavy atom. The Kier molecular flexibility index (Phi) is 7.19. The van der Waals surface area contributed by atoms with Crippen molar-refractivity contribution in [3.63, 3.8) is 0 Å². The zero-order valence-corrected chi connectivity index (χ0v) is 18.6. The van der Waals surface area contributed by atoms with Crippen LogP contribution >= 0.6 is 23.1 Å². The summed E-state index contributed by atoms with van der Waals surface area (Å²) in [7, 11) is 0. The number of carbonyl (C=O) groups excluding carboxylic acids is 3. The number of nitrogens with one attached hydrogen (secondary N) is 1. The molecule has 0 saturated carbocycles. The molecule has 0 bridgehead atoms. The highest BCUT2D eigenvalue weighted by Crippen LogP contribution is 2.40. The van der Waals surface area contributed by atoms with Gasteiger partial charge in [0, 0.05) is 10.5 Å². The molecule has 1 aromatic heterocycles. The summed E-state index contributed by atoms with van der Waals surface area (Å²) in [4.78, 5) is 37.2. The molecule has 3 rings (SSSR count). The van der Waals surface area contributed by atoms with Gasteiger partial charge in [0.15, 0.2) is 0 Å². The molecule has 0 aliphatic carbocycles. The zero-order valence-electron chi connectivity index (χ0n) is 16.9. The Hall–Kier alpha value is -3.24. The molecule has 0 fully saturated rings. The van der Waals surface area contributed by atoms with Crippen LogP contribution in [0.5, 0.6) is 0 Å². The summed E-state index contributed by atoms with van der Waals surface area (Å²) in [6.07, 6.45) is -4.94. The number of thioether (sulfide) groups is 1. The predicted molar refractivity (Wildman–Crippen MR) is 114 cm³/mol. The SMILES string of the molecule is CCOC(=O)c1sc(N)c(C#N)c1COC(=O)CC1Sc2ccc(C(F)(F)F)cc2NC1=O. The van der Waals surface area contributed by atoms with Gasteiger partial charge in [-0.15, -0.1) is 23.1 Å². The first-order chi connectivity index (χ1) is 15.5. The van der Waals surface area contributed by atoms with Crippen LogP contribution in [0.15, 0.2) is 23.1 Å². The van der Waals surface area contributed by atoms with E-state index in [9.17, 15) is 32.8 Å². The number of nitrogens with two attached hydrogens (primary N) is 1. The first kappa shape index (κ1) is 24.4. The van der Waals surface area contributed by atoms with Gasteiger partial charge >= 0.3 is 18.1 Å². The Bertz CT molecular complexity index is 1160. The van der Waals surface area contributed by atoms with Gasteiger partial charge < -0.3 is 20.5 Å². The number of halogens is 3. The van der Waals surface area contributed by atoms with E-state index in [1.165, 1.54) is 6.07 Å². The lowest BCUT2D eigenvalue weighted by atomic mass is 10.1. The van der Waals surface area contributed by atoms with E-state index in [1.807, 2.05) is 6.07 Å². The molecule has 1 aliphatic rings. The fourth-order valence-electron chi connectivity index (χ4n) is 2.93. The number of benzene rings is 1. The normalized spacial score (nSPS) is 15.2. The lowest BCUT2D eigenvalue weighted by molar-refractivity contribution is -0.145. The van der Waals surface area contributed by atoms with Crippen molar-refractivity contribution in [2.24, 2.45) is 0 Å². The van der Waals surface area contributed by atoms with Crippen molar-refractivity contribution >= 4 is 51.6 Å². The van der Waals surface area contributed by atoms with Gasteiger partial charge in [0.2, 0.25) is 5.91 Å². The number of thiophene rings is 1. The number of alkyl halides is 3. The van der Waals surface area contributed by atoms with E-state index in [-0.39, 0.29) is 39.7 Å². The second-order valence-corrected chi connectivity index (χ2v) is 8.95. The third kappa shape index (κ3) is 5.40. The minimum atomic E-state index is -4.55. The molecular weight excluding hydrogens is 483 g/mol. The van der Waals surface area contributed by atoms with Crippen LogP contribution in [0.1, 0.15) is 39.7 Å². The maximum Gasteiger partial charge on any atom is 0.416 e. The smallest absolute Gasteiger partial charge is 0.416 e. The van der Waals surface area contributed by atoms with Crippen molar-refractivity contribution in [3.05, 3.63) is 39.8 Å². The van der Waals surface area contributed by atoms with Crippen molar-refractivity contribution in [1.82, 2.24) is 0 Å². The average molecular weight is 499 g/mol. The monoisotopic (exact) mass is 499 g/mol. The Morgan fingerprint density at radius 2 is 2.03 bits per heavy atom. The number of amides is 1. The van der Waals surface area contributed by atoms with Gasteiger partial charge in [-0.25, -0.2) is 4.79 Å². The maximum absolute atomic E-state index is 12.9.